The normalized spacial score (nSPS) is 15.6. The van der Waals surface area contributed by atoms with Gasteiger partial charge in [-0.2, -0.15) is 0 Å². The van der Waals surface area contributed by atoms with Gasteiger partial charge >= 0.3 is 0 Å². The van der Waals surface area contributed by atoms with E-state index >= 15 is 0 Å². The zero-order chi connectivity index (χ0) is 19.5. The van der Waals surface area contributed by atoms with E-state index in [1.807, 2.05) is 24.3 Å². The number of rotatable bonds is 7. The molecule has 1 fully saturated rings. The van der Waals surface area contributed by atoms with Crippen molar-refractivity contribution in [2.24, 2.45) is 11.1 Å². The van der Waals surface area contributed by atoms with Gasteiger partial charge in [0, 0.05) is 12.0 Å². The molecule has 0 unspecified atom stereocenters. The Labute approximate surface area is 165 Å². The number of fused-ring (bicyclic) bond motifs is 1. The van der Waals surface area contributed by atoms with Gasteiger partial charge in [-0.05, 0) is 44.4 Å². The van der Waals surface area contributed by atoms with E-state index in [1.54, 1.807) is 0 Å². The van der Waals surface area contributed by atoms with Crippen molar-refractivity contribution in [3.63, 3.8) is 0 Å². The van der Waals surface area contributed by atoms with Crippen molar-refractivity contribution in [3.8, 4) is 0 Å². The molecular weight excluding hydrogens is 358 g/mol. The van der Waals surface area contributed by atoms with E-state index in [4.69, 9.17) is 5.73 Å². The molecule has 3 N–H and O–H groups in total. The second kappa shape index (κ2) is 11.1. The van der Waals surface area contributed by atoms with Crippen molar-refractivity contribution >= 4 is 33.7 Å². The van der Waals surface area contributed by atoms with Gasteiger partial charge in [0.05, 0.1) is 10.2 Å². The minimum atomic E-state index is -0.0912. The fourth-order valence-corrected chi connectivity index (χ4v) is 4.14. The van der Waals surface area contributed by atoms with Gasteiger partial charge in [-0.15, -0.1) is 11.3 Å². The van der Waals surface area contributed by atoms with Gasteiger partial charge < -0.3 is 11.1 Å². The maximum atomic E-state index is 12.0. The van der Waals surface area contributed by atoms with E-state index < -0.39 is 0 Å². The summed E-state index contributed by atoms with van der Waals surface area (Å²) in [6, 6.07) is 7.71. The Kier molecular flexibility index (Phi) is 8.88. The molecule has 0 aliphatic heterocycles. The summed E-state index contributed by atoms with van der Waals surface area (Å²) in [6.45, 7) is 3.68. The molecule has 1 aromatic carbocycles. The maximum absolute atomic E-state index is 12.0. The zero-order valence-corrected chi connectivity index (χ0v) is 17.0. The van der Waals surface area contributed by atoms with Crippen molar-refractivity contribution in [1.29, 1.82) is 0 Å². The van der Waals surface area contributed by atoms with Gasteiger partial charge in [-0.25, -0.2) is 4.98 Å². The minimum Gasteiger partial charge on any atom is -0.356 e. The van der Waals surface area contributed by atoms with Gasteiger partial charge in [0.1, 0.15) is 0 Å². The first-order valence-corrected chi connectivity index (χ1v) is 10.7. The van der Waals surface area contributed by atoms with E-state index in [2.05, 4.69) is 17.2 Å². The average molecular weight is 390 g/mol. The number of benzene rings is 1. The molecule has 27 heavy (non-hydrogen) atoms. The summed E-state index contributed by atoms with van der Waals surface area (Å²) in [4.78, 5) is 26.4. The first-order chi connectivity index (χ1) is 13.1. The lowest BCUT2D eigenvalue weighted by molar-refractivity contribution is -0.131. The molecule has 0 saturated heterocycles. The number of carbonyl (C=O) groups excluding carboxylic acids is 2. The van der Waals surface area contributed by atoms with Crippen LogP contribution in [0.5, 0.6) is 0 Å². The van der Waals surface area contributed by atoms with Gasteiger partial charge in [-0.3, -0.25) is 9.59 Å². The molecule has 6 heteroatoms. The van der Waals surface area contributed by atoms with Crippen LogP contribution in [-0.4, -0.2) is 30.3 Å². The highest BCUT2D eigenvalue weighted by Crippen LogP contribution is 2.35. The third kappa shape index (κ3) is 6.70. The molecule has 1 aromatic heterocycles. The van der Waals surface area contributed by atoms with Crippen molar-refractivity contribution in [2.45, 2.75) is 58.3 Å². The van der Waals surface area contributed by atoms with E-state index in [0.717, 1.165) is 61.7 Å². The summed E-state index contributed by atoms with van der Waals surface area (Å²) < 4.78 is 1.06. The van der Waals surface area contributed by atoms with Crippen LogP contribution in [-0.2, 0) is 4.79 Å². The lowest BCUT2D eigenvalue weighted by atomic mass is 9.75. The fourth-order valence-electron chi connectivity index (χ4n) is 3.36. The third-order valence-electron chi connectivity index (χ3n) is 5.08. The van der Waals surface area contributed by atoms with E-state index in [-0.39, 0.29) is 11.3 Å². The largest absolute Gasteiger partial charge is 0.356 e. The standard InChI is InChI=1S/C13H26N2O.C8H5NOS/c1-13(8-4-2-5-9-13)12(16)15-11-7-3-6-10-14;10-5-8-9-6-3-1-2-4-7(6)11-8/h2-11,14H2,1H3,(H,15,16);1-5H. The van der Waals surface area contributed by atoms with Crippen LogP contribution < -0.4 is 11.1 Å². The Morgan fingerprint density at radius 1 is 1.22 bits per heavy atom. The third-order valence-corrected chi connectivity index (χ3v) is 6.04. The molecule has 0 bridgehead atoms. The van der Waals surface area contributed by atoms with Gasteiger partial charge in [0.25, 0.3) is 0 Å². The highest BCUT2D eigenvalue weighted by molar-refractivity contribution is 7.19. The molecule has 1 aliphatic rings. The molecule has 0 spiro atoms. The van der Waals surface area contributed by atoms with Crippen LogP contribution in [0.1, 0.15) is 68.1 Å². The first-order valence-electron chi connectivity index (χ1n) is 9.88. The Hall–Kier alpha value is -1.79. The summed E-state index contributed by atoms with van der Waals surface area (Å²) in [5, 5.41) is 3.62. The Morgan fingerprint density at radius 3 is 2.63 bits per heavy atom. The molecule has 3 rings (SSSR count). The molecule has 0 radical (unpaired) electrons. The summed E-state index contributed by atoms with van der Waals surface area (Å²) in [5.74, 6) is 0.264. The van der Waals surface area contributed by atoms with Gasteiger partial charge in [0.15, 0.2) is 11.3 Å². The number of para-hydroxylation sites is 1. The Balaban J connectivity index is 0.000000206. The van der Waals surface area contributed by atoms with Crippen molar-refractivity contribution in [2.75, 3.05) is 13.1 Å². The quantitative estimate of drug-likeness (QED) is 0.546. The lowest BCUT2D eigenvalue weighted by Gasteiger charge is -2.32. The smallest absolute Gasteiger partial charge is 0.225 e. The fraction of sp³-hybridized carbons (Fsp3) is 0.571. The molecule has 0 atom stereocenters. The Morgan fingerprint density at radius 2 is 1.96 bits per heavy atom. The van der Waals surface area contributed by atoms with Crippen molar-refractivity contribution in [1.82, 2.24) is 10.3 Å². The van der Waals surface area contributed by atoms with Crippen molar-refractivity contribution < 1.29 is 9.59 Å². The van der Waals surface area contributed by atoms with Crippen molar-refractivity contribution in [3.05, 3.63) is 29.3 Å². The Bertz CT molecular complexity index is 690. The van der Waals surface area contributed by atoms with Crippen LogP contribution in [0.15, 0.2) is 24.3 Å². The molecule has 148 valence electrons. The summed E-state index contributed by atoms with van der Waals surface area (Å²) in [7, 11) is 0. The number of aldehydes is 1. The molecule has 2 aromatic rings. The number of carbonyl (C=O) groups is 2. The number of unbranched alkanes of at least 4 members (excludes halogenated alkanes) is 2. The number of nitrogens with two attached hydrogens (primary N) is 1. The predicted octanol–water partition coefficient (Wildman–Crippen LogP) is 4.31. The number of hydrogen-bond acceptors (Lipinski definition) is 5. The summed E-state index contributed by atoms with van der Waals surface area (Å²) in [5.41, 5.74) is 6.23. The van der Waals surface area contributed by atoms with Crippen LogP contribution in [0.2, 0.25) is 0 Å². The molecule has 1 heterocycles. The number of nitrogens with zero attached hydrogens (tertiary/aromatic N) is 1. The molecule has 1 saturated carbocycles. The first kappa shape index (κ1) is 21.5. The number of hydrogen-bond donors (Lipinski definition) is 2. The van der Waals surface area contributed by atoms with Crippen LogP contribution in [0.4, 0.5) is 0 Å². The van der Waals surface area contributed by atoms with Crippen LogP contribution in [0.3, 0.4) is 0 Å². The predicted molar refractivity (Wildman–Crippen MR) is 112 cm³/mol. The van der Waals surface area contributed by atoms with Gasteiger partial charge in [-0.1, -0.05) is 44.7 Å². The van der Waals surface area contributed by atoms with E-state index in [0.29, 0.717) is 5.01 Å². The van der Waals surface area contributed by atoms with Crippen LogP contribution in [0.25, 0.3) is 10.2 Å². The zero-order valence-electron chi connectivity index (χ0n) is 16.2. The van der Waals surface area contributed by atoms with Crippen LogP contribution >= 0.6 is 11.3 Å². The molecular formula is C21H31N3O2S. The highest BCUT2D eigenvalue weighted by Gasteiger charge is 2.33. The second-order valence-electron chi connectivity index (χ2n) is 7.36. The number of thiazole rings is 1. The summed E-state index contributed by atoms with van der Waals surface area (Å²) >= 11 is 1.42. The highest BCUT2D eigenvalue weighted by atomic mass is 32.1. The van der Waals surface area contributed by atoms with E-state index in [1.165, 1.54) is 30.6 Å². The SMILES string of the molecule is CC1(C(=O)NCCCCCN)CCCCC1.O=Cc1nc2ccccc2s1. The van der Waals surface area contributed by atoms with E-state index in [9.17, 15) is 9.59 Å². The average Bonchev–Trinajstić information content (AvgIpc) is 3.12. The maximum Gasteiger partial charge on any atom is 0.225 e. The molecule has 1 amide bonds. The van der Waals surface area contributed by atoms with Crippen LogP contribution in [0, 0.1) is 5.41 Å². The molecule has 5 nitrogen and oxygen atoms in total. The number of nitrogens with one attached hydrogen (secondary N) is 1. The second-order valence-corrected chi connectivity index (χ2v) is 8.43. The lowest BCUT2D eigenvalue weighted by Crippen LogP contribution is -2.40. The topological polar surface area (TPSA) is 85.1 Å². The molecule has 1 aliphatic carbocycles. The number of aromatic nitrogens is 1. The number of amides is 1. The minimum absolute atomic E-state index is 0.0912. The van der Waals surface area contributed by atoms with Gasteiger partial charge in [0.2, 0.25) is 5.91 Å². The summed E-state index contributed by atoms with van der Waals surface area (Å²) in [6.07, 6.45) is 9.83. The monoisotopic (exact) mass is 389 g/mol.